The molecule has 2 aliphatic heterocycles. The van der Waals surface area contributed by atoms with Gasteiger partial charge in [-0.25, -0.2) is 18.2 Å². The van der Waals surface area contributed by atoms with Crippen LogP contribution in [0.1, 0.15) is 40.2 Å². The van der Waals surface area contributed by atoms with Crippen LogP contribution >= 0.6 is 11.6 Å². The van der Waals surface area contributed by atoms with Crippen molar-refractivity contribution in [2.75, 3.05) is 25.9 Å². The number of fused-ring (bicyclic) bond motifs is 1. The van der Waals surface area contributed by atoms with E-state index in [2.05, 4.69) is 5.48 Å². The topological polar surface area (TPSA) is 96.0 Å². The highest BCUT2D eigenvalue weighted by Gasteiger charge is 2.47. The third kappa shape index (κ3) is 6.11. The molecule has 2 unspecified atom stereocenters. The van der Waals surface area contributed by atoms with Crippen LogP contribution in [0.3, 0.4) is 0 Å². The van der Waals surface area contributed by atoms with E-state index < -0.39 is 22.0 Å². The van der Waals surface area contributed by atoms with Crippen molar-refractivity contribution in [3.05, 3.63) is 94.5 Å². The first-order valence-electron chi connectivity index (χ1n) is 13.1. The first-order chi connectivity index (χ1) is 18.7. The van der Waals surface area contributed by atoms with Crippen LogP contribution in [-0.4, -0.2) is 61.4 Å². The summed E-state index contributed by atoms with van der Waals surface area (Å²) in [6.45, 7) is 1.46. The van der Waals surface area contributed by atoms with Crippen molar-refractivity contribution in [1.82, 2.24) is 14.7 Å². The van der Waals surface area contributed by atoms with E-state index in [0.717, 1.165) is 5.56 Å². The fraction of sp³-hybridized carbons (Fsp3) is 0.379. The van der Waals surface area contributed by atoms with Crippen molar-refractivity contribution in [2.45, 2.75) is 31.4 Å². The maximum absolute atomic E-state index is 13.9. The fourth-order valence-electron chi connectivity index (χ4n) is 5.79. The zero-order valence-electron chi connectivity index (χ0n) is 21.7. The predicted molar refractivity (Wildman–Crippen MR) is 149 cm³/mol. The number of carbonyl (C=O) groups is 2. The molecule has 1 N–H and O–H groups in total. The number of amides is 2. The average Bonchev–Trinajstić information content (AvgIpc) is 3.36. The smallest absolute Gasteiger partial charge is 0.254 e. The number of nitrogens with zero attached hydrogens (tertiary/aromatic N) is 2. The molecule has 2 amide bonds. The number of hydrogen-bond donors (Lipinski definition) is 1. The van der Waals surface area contributed by atoms with Crippen LogP contribution in [0.25, 0.3) is 0 Å². The number of nitrogens with one attached hydrogen (secondary N) is 1. The minimum absolute atomic E-state index is 0.0996. The quantitative estimate of drug-likeness (QED) is 0.488. The summed E-state index contributed by atoms with van der Waals surface area (Å²) in [4.78, 5) is 35.1. The molecule has 2 heterocycles. The van der Waals surface area contributed by atoms with Gasteiger partial charge in [0, 0.05) is 36.1 Å². The van der Waals surface area contributed by atoms with E-state index in [4.69, 9.17) is 16.4 Å². The second-order valence-electron chi connectivity index (χ2n) is 10.3. The maximum Gasteiger partial charge on any atom is 0.254 e. The van der Waals surface area contributed by atoms with Crippen molar-refractivity contribution in [3.8, 4) is 0 Å². The molecule has 1 fully saturated rings. The lowest BCUT2D eigenvalue weighted by atomic mass is 9.76. The molecule has 10 heteroatoms. The number of piperidine rings is 1. The Labute approximate surface area is 234 Å². The van der Waals surface area contributed by atoms with Gasteiger partial charge in [-0.2, -0.15) is 0 Å². The molecule has 0 bridgehead atoms. The molecule has 206 valence electrons. The second-order valence-corrected chi connectivity index (χ2v) is 12.8. The summed E-state index contributed by atoms with van der Waals surface area (Å²) in [6, 6.07) is 16.2. The Morgan fingerprint density at radius 3 is 2.44 bits per heavy atom. The van der Waals surface area contributed by atoms with Crippen molar-refractivity contribution in [3.63, 3.8) is 0 Å². The Kier molecular flexibility index (Phi) is 8.23. The summed E-state index contributed by atoms with van der Waals surface area (Å²) in [6.07, 6.45) is 8.09. The molecule has 0 radical (unpaired) electrons. The first kappa shape index (κ1) is 27.6. The minimum Gasteiger partial charge on any atom is -0.333 e. The molecule has 0 saturated carbocycles. The van der Waals surface area contributed by atoms with E-state index >= 15 is 0 Å². The van der Waals surface area contributed by atoms with Crippen molar-refractivity contribution >= 4 is 33.4 Å². The Morgan fingerprint density at radius 2 is 1.77 bits per heavy atom. The van der Waals surface area contributed by atoms with Gasteiger partial charge >= 0.3 is 0 Å². The summed E-state index contributed by atoms with van der Waals surface area (Å²) in [5, 5.41) is 0.562. The van der Waals surface area contributed by atoms with Gasteiger partial charge in [0.05, 0.1) is 24.8 Å². The van der Waals surface area contributed by atoms with Crippen LogP contribution < -0.4 is 5.48 Å². The Hall–Kier alpha value is -2.98. The highest BCUT2D eigenvalue weighted by atomic mass is 35.5. The van der Waals surface area contributed by atoms with Gasteiger partial charge in [0.1, 0.15) is 0 Å². The number of benzene rings is 2. The lowest BCUT2D eigenvalue weighted by Crippen LogP contribution is -2.56. The van der Waals surface area contributed by atoms with Gasteiger partial charge in [-0.05, 0) is 42.0 Å². The van der Waals surface area contributed by atoms with Crippen LogP contribution in [-0.2, 0) is 26.3 Å². The second kappa shape index (κ2) is 11.6. The Morgan fingerprint density at radius 1 is 1.08 bits per heavy atom. The molecule has 3 atom stereocenters. The number of allylic oxidation sites excluding steroid dienone is 2. The summed E-state index contributed by atoms with van der Waals surface area (Å²) >= 11 is 6.32. The van der Waals surface area contributed by atoms with E-state index in [1.54, 1.807) is 23.1 Å². The van der Waals surface area contributed by atoms with Crippen LogP contribution in [0.2, 0.25) is 0 Å². The fourth-order valence-corrected chi connectivity index (χ4v) is 6.88. The third-order valence-corrected chi connectivity index (χ3v) is 9.30. The lowest BCUT2D eigenvalue weighted by Gasteiger charge is -2.45. The molecule has 8 nitrogen and oxygen atoms in total. The Bertz CT molecular complexity index is 1390. The standard InChI is InChI=1S/C29H32ClN3O5S/c1-39(36,37)32-15-13-20(14-16-32)18-33-27(22-11-12-23(30)17-22)26(24-9-5-6-10-25(24)29(33)35)28(34)31-38-19-21-7-3-2-4-8-21/h2-12,17,20,22,26-27H,13-16,18-19H2,1H3,(H,31,34)/t22?,26-,27?/m1/s1. The molecule has 2 aromatic carbocycles. The summed E-state index contributed by atoms with van der Waals surface area (Å²) in [7, 11) is -3.26. The molecule has 1 aliphatic carbocycles. The highest BCUT2D eigenvalue weighted by Crippen LogP contribution is 2.41. The van der Waals surface area contributed by atoms with Crippen LogP contribution in [0.4, 0.5) is 0 Å². The van der Waals surface area contributed by atoms with E-state index in [9.17, 15) is 18.0 Å². The van der Waals surface area contributed by atoms with Crippen LogP contribution in [0.15, 0.2) is 77.9 Å². The summed E-state index contributed by atoms with van der Waals surface area (Å²) in [5.41, 5.74) is 4.70. The maximum atomic E-state index is 13.9. The number of carbonyl (C=O) groups excluding carboxylic acids is 2. The molecule has 3 aliphatic rings. The zero-order chi connectivity index (χ0) is 27.6. The third-order valence-electron chi connectivity index (χ3n) is 7.75. The van der Waals surface area contributed by atoms with E-state index in [-0.39, 0.29) is 30.3 Å². The van der Waals surface area contributed by atoms with Crippen LogP contribution in [0.5, 0.6) is 0 Å². The van der Waals surface area contributed by atoms with Gasteiger partial charge < -0.3 is 4.90 Å². The van der Waals surface area contributed by atoms with E-state index in [0.29, 0.717) is 48.6 Å². The monoisotopic (exact) mass is 569 g/mol. The SMILES string of the molecule is CS(=O)(=O)N1CCC(CN2C(=O)c3ccccc3[C@@H](C(=O)NOCc3ccccc3)C2C2C=CC(Cl)=C2)CC1. The van der Waals surface area contributed by atoms with Crippen LogP contribution in [0, 0.1) is 11.8 Å². The van der Waals surface area contributed by atoms with E-state index in [1.165, 1.54) is 10.6 Å². The minimum atomic E-state index is -3.26. The molecule has 0 spiro atoms. The highest BCUT2D eigenvalue weighted by molar-refractivity contribution is 7.88. The lowest BCUT2D eigenvalue weighted by molar-refractivity contribution is -0.138. The molecule has 39 heavy (non-hydrogen) atoms. The van der Waals surface area contributed by atoms with Crippen molar-refractivity contribution in [1.29, 1.82) is 0 Å². The van der Waals surface area contributed by atoms with Gasteiger partial charge in [0.25, 0.3) is 11.8 Å². The zero-order valence-corrected chi connectivity index (χ0v) is 23.3. The number of rotatable bonds is 8. The molecular weight excluding hydrogens is 538 g/mol. The van der Waals surface area contributed by atoms with Crippen molar-refractivity contribution in [2.24, 2.45) is 11.8 Å². The number of sulfonamides is 1. The Balaban J connectivity index is 1.43. The largest absolute Gasteiger partial charge is 0.333 e. The molecule has 1 saturated heterocycles. The molecule has 5 rings (SSSR count). The number of hydrogen-bond acceptors (Lipinski definition) is 5. The van der Waals surface area contributed by atoms with Gasteiger partial charge in [-0.15, -0.1) is 0 Å². The van der Waals surface area contributed by atoms with Gasteiger partial charge in [0.2, 0.25) is 10.0 Å². The van der Waals surface area contributed by atoms with Gasteiger partial charge in [-0.3, -0.25) is 14.4 Å². The van der Waals surface area contributed by atoms with E-state index in [1.807, 2.05) is 54.6 Å². The molecule has 0 aromatic heterocycles. The normalized spacial score (nSPS) is 23.9. The molecular formula is C29H32ClN3O5S. The average molecular weight is 570 g/mol. The summed E-state index contributed by atoms with van der Waals surface area (Å²) < 4.78 is 25.5. The predicted octanol–water partition coefficient (Wildman–Crippen LogP) is 3.82. The van der Waals surface area contributed by atoms with Crippen molar-refractivity contribution < 1.29 is 22.8 Å². The molecule has 2 aromatic rings. The summed E-state index contributed by atoms with van der Waals surface area (Å²) in [5.74, 6) is -1.34. The number of halogens is 1. The van der Waals surface area contributed by atoms with Gasteiger partial charge in [-0.1, -0.05) is 72.3 Å². The van der Waals surface area contributed by atoms with Gasteiger partial charge in [0.15, 0.2) is 0 Å². The first-order valence-corrected chi connectivity index (χ1v) is 15.3. The number of hydroxylamine groups is 1.